The molecule has 0 aliphatic rings. The van der Waals surface area contributed by atoms with Crippen molar-refractivity contribution < 1.29 is 4.39 Å². The Labute approximate surface area is 126 Å². The molecule has 0 saturated carbocycles. The summed E-state index contributed by atoms with van der Waals surface area (Å²) in [5, 5.41) is 0. The molecule has 1 atom stereocenters. The van der Waals surface area contributed by atoms with E-state index in [-0.39, 0.29) is 11.9 Å². The molecular formula is C18H23FN2. The lowest BCUT2D eigenvalue weighted by Gasteiger charge is -2.34. The van der Waals surface area contributed by atoms with Crippen molar-refractivity contribution in [2.75, 3.05) is 18.0 Å². The highest BCUT2D eigenvalue weighted by Crippen LogP contribution is 2.30. The lowest BCUT2D eigenvalue weighted by molar-refractivity contribution is 0.614. The number of halogens is 1. The Kier molecular flexibility index (Phi) is 4.97. The van der Waals surface area contributed by atoms with Gasteiger partial charge in [0.2, 0.25) is 0 Å². The monoisotopic (exact) mass is 286 g/mol. The molecule has 0 aliphatic carbocycles. The van der Waals surface area contributed by atoms with Crippen LogP contribution in [0.4, 0.5) is 10.1 Å². The predicted molar refractivity (Wildman–Crippen MR) is 87.1 cm³/mol. The first-order chi connectivity index (χ1) is 10.1. The summed E-state index contributed by atoms with van der Waals surface area (Å²) < 4.78 is 13.5. The van der Waals surface area contributed by atoms with Gasteiger partial charge in [-0.1, -0.05) is 24.3 Å². The zero-order chi connectivity index (χ0) is 15.4. The number of nitrogens with two attached hydrogens (primary N) is 1. The van der Waals surface area contributed by atoms with E-state index in [4.69, 9.17) is 5.73 Å². The fraction of sp³-hybridized carbons (Fsp3) is 0.333. The Bertz CT molecular complexity index is 590. The van der Waals surface area contributed by atoms with Crippen LogP contribution in [0.15, 0.2) is 42.5 Å². The molecule has 3 heteroatoms. The van der Waals surface area contributed by atoms with Crippen molar-refractivity contribution in [2.45, 2.75) is 26.8 Å². The summed E-state index contributed by atoms with van der Waals surface area (Å²) in [6, 6.07) is 13.0. The molecule has 2 aromatic rings. The molecule has 0 spiro atoms. The van der Waals surface area contributed by atoms with Crippen LogP contribution in [0.1, 0.15) is 29.7 Å². The Morgan fingerprint density at radius 3 is 2.24 bits per heavy atom. The van der Waals surface area contributed by atoms with E-state index in [0.717, 1.165) is 12.2 Å². The minimum atomic E-state index is -0.219. The predicted octanol–water partition coefficient (Wildman–Crippen LogP) is 3.97. The minimum Gasteiger partial charge on any atom is -0.363 e. The van der Waals surface area contributed by atoms with Gasteiger partial charge in [0.15, 0.2) is 0 Å². The molecule has 0 amide bonds. The van der Waals surface area contributed by atoms with Crippen molar-refractivity contribution in [3.8, 4) is 0 Å². The minimum absolute atomic E-state index is 0.0537. The summed E-state index contributed by atoms with van der Waals surface area (Å²) in [4.78, 5) is 2.17. The van der Waals surface area contributed by atoms with Gasteiger partial charge in [-0.25, -0.2) is 4.39 Å². The van der Waals surface area contributed by atoms with Crippen molar-refractivity contribution in [3.63, 3.8) is 0 Å². The van der Waals surface area contributed by atoms with Crippen LogP contribution >= 0.6 is 0 Å². The van der Waals surface area contributed by atoms with Gasteiger partial charge in [0.25, 0.3) is 0 Å². The second-order valence-electron chi connectivity index (χ2n) is 5.32. The van der Waals surface area contributed by atoms with Gasteiger partial charge < -0.3 is 10.6 Å². The van der Waals surface area contributed by atoms with Crippen molar-refractivity contribution in [1.29, 1.82) is 0 Å². The Balaban J connectivity index is 2.48. The van der Waals surface area contributed by atoms with Crippen LogP contribution in [0.25, 0.3) is 0 Å². The molecule has 21 heavy (non-hydrogen) atoms. The fourth-order valence-electron chi connectivity index (χ4n) is 2.99. The number of rotatable bonds is 5. The van der Waals surface area contributed by atoms with Gasteiger partial charge in [0, 0.05) is 18.8 Å². The SMILES string of the molecule is CCN(c1cccc(F)c1)C(CN)c1c(C)cccc1C. The van der Waals surface area contributed by atoms with E-state index in [1.807, 2.05) is 6.07 Å². The van der Waals surface area contributed by atoms with Gasteiger partial charge in [0.05, 0.1) is 6.04 Å². The summed E-state index contributed by atoms with van der Waals surface area (Å²) in [7, 11) is 0. The molecule has 0 heterocycles. The molecule has 1 unspecified atom stereocenters. The first-order valence-corrected chi connectivity index (χ1v) is 7.36. The fourth-order valence-corrected chi connectivity index (χ4v) is 2.99. The Hall–Kier alpha value is -1.87. The second kappa shape index (κ2) is 6.72. The van der Waals surface area contributed by atoms with E-state index < -0.39 is 0 Å². The molecular weight excluding hydrogens is 263 g/mol. The highest BCUT2D eigenvalue weighted by Gasteiger charge is 2.21. The molecule has 2 nitrogen and oxygen atoms in total. The molecule has 2 rings (SSSR count). The largest absolute Gasteiger partial charge is 0.363 e. The number of hydrogen-bond acceptors (Lipinski definition) is 2. The van der Waals surface area contributed by atoms with Crippen LogP contribution in [-0.2, 0) is 0 Å². The van der Waals surface area contributed by atoms with Crippen molar-refractivity contribution in [3.05, 3.63) is 65.0 Å². The highest BCUT2D eigenvalue weighted by molar-refractivity contribution is 5.51. The third-order valence-corrected chi connectivity index (χ3v) is 3.96. The number of benzene rings is 2. The van der Waals surface area contributed by atoms with Gasteiger partial charge >= 0.3 is 0 Å². The van der Waals surface area contributed by atoms with E-state index in [9.17, 15) is 4.39 Å². The zero-order valence-corrected chi connectivity index (χ0v) is 12.9. The summed E-state index contributed by atoms with van der Waals surface area (Å²) >= 11 is 0. The maximum atomic E-state index is 13.5. The maximum Gasteiger partial charge on any atom is 0.125 e. The number of likely N-dealkylation sites (N-methyl/N-ethyl adjacent to an activating group) is 1. The zero-order valence-electron chi connectivity index (χ0n) is 12.9. The molecule has 0 fully saturated rings. The van der Waals surface area contributed by atoms with Gasteiger partial charge in [0.1, 0.15) is 5.82 Å². The van der Waals surface area contributed by atoms with Crippen molar-refractivity contribution in [2.24, 2.45) is 5.73 Å². The lowest BCUT2D eigenvalue weighted by atomic mass is 9.94. The lowest BCUT2D eigenvalue weighted by Crippen LogP contribution is -2.34. The quantitative estimate of drug-likeness (QED) is 0.901. The molecule has 0 saturated heterocycles. The summed E-state index contributed by atoms with van der Waals surface area (Å²) in [6.07, 6.45) is 0. The second-order valence-corrected chi connectivity index (χ2v) is 5.32. The Morgan fingerprint density at radius 1 is 1.10 bits per heavy atom. The van der Waals surface area contributed by atoms with Gasteiger partial charge in [-0.15, -0.1) is 0 Å². The first kappa shape index (κ1) is 15.5. The number of aryl methyl sites for hydroxylation is 2. The average Bonchev–Trinajstić information content (AvgIpc) is 2.46. The maximum absolute atomic E-state index is 13.5. The van der Waals surface area contributed by atoms with Crippen LogP contribution in [0.3, 0.4) is 0 Å². The summed E-state index contributed by atoms with van der Waals surface area (Å²) in [6.45, 7) is 7.55. The average molecular weight is 286 g/mol. The molecule has 0 aromatic heterocycles. The topological polar surface area (TPSA) is 29.3 Å². The third-order valence-electron chi connectivity index (χ3n) is 3.96. The van der Waals surface area contributed by atoms with E-state index in [1.54, 1.807) is 12.1 Å². The van der Waals surface area contributed by atoms with E-state index in [0.29, 0.717) is 6.54 Å². The molecule has 2 aromatic carbocycles. The van der Waals surface area contributed by atoms with Crippen LogP contribution < -0.4 is 10.6 Å². The highest BCUT2D eigenvalue weighted by atomic mass is 19.1. The number of hydrogen-bond donors (Lipinski definition) is 1. The molecule has 0 radical (unpaired) electrons. The molecule has 0 bridgehead atoms. The number of anilines is 1. The standard InChI is InChI=1S/C18H23FN2/c1-4-21(16-10-6-9-15(19)11-16)17(12-20)18-13(2)7-5-8-14(18)3/h5-11,17H,4,12,20H2,1-3H3. The van der Waals surface area contributed by atoms with E-state index >= 15 is 0 Å². The van der Waals surface area contributed by atoms with Crippen LogP contribution in [0, 0.1) is 19.7 Å². The first-order valence-electron chi connectivity index (χ1n) is 7.36. The third kappa shape index (κ3) is 3.24. The van der Waals surface area contributed by atoms with Crippen LogP contribution in [0.2, 0.25) is 0 Å². The molecule has 2 N–H and O–H groups in total. The molecule has 0 aliphatic heterocycles. The van der Waals surface area contributed by atoms with E-state index in [2.05, 4.69) is 43.9 Å². The summed E-state index contributed by atoms with van der Waals surface area (Å²) in [5.74, 6) is -0.219. The van der Waals surface area contributed by atoms with Crippen LogP contribution in [-0.4, -0.2) is 13.1 Å². The van der Waals surface area contributed by atoms with Gasteiger partial charge in [-0.05, 0) is 55.7 Å². The smallest absolute Gasteiger partial charge is 0.125 e. The van der Waals surface area contributed by atoms with Crippen molar-refractivity contribution in [1.82, 2.24) is 0 Å². The number of nitrogens with zero attached hydrogens (tertiary/aromatic N) is 1. The van der Waals surface area contributed by atoms with Crippen LogP contribution in [0.5, 0.6) is 0 Å². The van der Waals surface area contributed by atoms with Gasteiger partial charge in [-0.2, -0.15) is 0 Å². The Morgan fingerprint density at radius 2 is 1.71 bits per heavy atom. The van der Waals surface area contributed by atoms with E-state index in [1.165, 1.54) is 22.8 Å². The normalized spacial score (nSPS) is 12.2. The molecule has 112 valence electrons. The van der Waals surface area contributed by atoms with Gasteiger partial charge in [-0.3, -0.25) is 0 Å². The summed E-state index contributed by atoms with van der Waals surface area (Å²) in [5.41, 5.74) is 10.6. The van der Waals surface area contributed by atoms with Crippen molar-refractivity contribution >= 4 is 5.69 Å².